The zero-order valence-electron chi connectivity index (χ0n) is 16.1. The van der Waals surface area contributed by atoms with E-state index in [1.807, 2.05) is 24.3 Å². The minimum atomic E-state index is -4.71. The Morgan fingerprint density at radius 1 is 0.931 bits per heavy atom. The van der Waals surface area contributed by atoms with Gasteiger partial charge in [0.1, 0.15) is 11.5 Å². The van der Waals surface area contributed by atoms with E-state index in [9.17, 15) is 18.0 Å². The summed E-state index contributed by atoms with van der Waals surface area (Å²) in [5, 5.41) is 0. The van der Waals surface area contributed by atoms with Gasteiger partial charge in [0.15, 0.2) is 0 Å². The van der Waals surface area contributed by atoms with Gasteiger partial charge < -0.3 is 14.4 Å². The highest BCUT2D eigenvalue weighted by Crippen LogP contribution is 2.23. The van der Waals surface area contributed by atoms with Gasteiger partial charge in [-0.25, -0.2) is 0 Å². The number of halogens is 3. The lowest BCUT2D eigenvalue weighted by Gasteiger charge is -2.22. The van der Waals surface area contributed by atoms with Crippen LogP contribution in [0.1, 0.15) is 17.5 Å². The van der Waals surface area contributed by atoms with Crippen LogP contribution in [-0.2, 0) is 17.9 Å². The Morgan fingerprint density at radius 2 is 1.69 bits per heavy atom. The number of nitrogens with zero attached hydrogens (tertiary/aromatic N) is 2. The molecule has 1 aliphatic heterocycles. The van der Waals surface area contributed by atoms with Crippen LogP contribution in [0, 0.1) is 0 Å². The summed E-state index contributed by atoms with van der Waals surface area (Å²) in [5.41, 5.74) is 1.87. The molecule has 5 nitrogen and oxygen atoms in total. The van der Waals surface area contributed by atoms with Gasteiger partial charge in [0.25, 0.3) is 0 Å². The zero-order valence-corrected chi connectivity index (χ0v) is 16.1. The summed E-state index contributed by atoms with van der Waals surface area (Å²) in [6.45, 7) is 3.02. The molecule has 0 spiro atoms. The number of alkyl halides is 3. The highest BCUT2D eigenvalue weighted by Gasteiger charge is 2.31. The van der Waals surface area contributed by atoms with Gasteiger partial charge in [-0.3, -0.25) is 9.69 Å². The van der Waals surface area contributed by atoms with E-state index in [-0.39, 0.29) is 11.7 Å². The number of hydrogen-bond donors (Lipinski definition) is 0. The first-order chi connectivity index (χ1) is 13.8. The Labute approximate surface area is 167 Å². The normalized spacial score (nSPS) is 15.9. The first-order valence-corrected chi connectivity index (χ1v) is 9.30. The molecular formula is C21H23F3N2O3. The van der Waals surface area contributed by atoms with Crippen molar-refractivity contribution < 1.29 is 27.4 Å². The summed E-state index contributed by atoms with van der Waals surface area (Å²) in [6.07, 6.45) is -4.31. The van der Waals surface area contributed by atoms with Crippen LogP contribution in [0.3, 0.4) is 0 Å². The van der Waals surface area contributed by atoms with Crippen LogP contribution in [0.5, 0.6) is 11.5 Å². The molecule has 0 radical (unpaired) electrons. The van der Waals surface area contributed by atoms with Gasteiger partial charge in [-0.05, 0) is 35.4 Å². The van der Waals surface area contributed by atoms with E-state index < -0.39 is 6.36 Å². The second-order valence-electron chi connectivity index (χ2n) is 6.88. The van der Waals surface area contributed by atoms with E-state index in [1.54, 1.807) is 24.1 Å². The third-order valence-corrected chi connectivity index (χ3v) is 4.75. The maximum atomic E-state index is 12.5. The average molecular weight is 408 g/mol. The maximum Gasteiger partial charge on any atom is 0.573 e. The van der Waals surface area contributed by atoms with Gasteiger partial charge in [0, 0.05) is 39.1 Å². The zero-order chi connectivity index (χ0) is 20.9. The van der Waals surface area contributed by atoms with Crippen LogP contribution < -0.4 is 9.47 Å². The summed E-state index contributed by atoms with van der Waals surface area (Å²) >= 11 is 0. The molecule has 1 aliphatic rings. The van der Waals surface area contributed by atoms with Gasteiger partial charge in [0.05, 0.1) is 7.11 Å². The van der Waals surface area contributed by atoms with Crippen LogP contribution in [0.2, 0.25) is 0 Å². The number of benzene rings is 2. The molecule has 3 rings (SSSR count). The molecule has 0 atom stereocenters. The standard InChI is InChI=1S/C21H23F3N2O3/c1-28-19-4-2-3-17(13-19)14-25-10-9-20(27)26(12-11-25)15-16-5-7-18(8-6-16)29-21(22,23)24/h2-8,13H,9-12,14-15H2,1H3. The van der Waals surface area contributed by atoms with Crippen molar-refractivity contribution >= 4 is 5.91 Å². The van der Waals surface area contributed by atoms with Crippen molar-refractivity contribution in [3.63, 3.8) is 0 Å². The molecule has 0 saturated carbocycles. The molecule has 2 aromatic carbocycles. The van der Waals surface area contributed by atoms with Crippen LogP contribution in [-0.4, -0.2) is 48.8 Å². The summed E-state index contributed by atoms with van der Waals surface area (Å²) in [6, 6.07) is 13.5. The summed E-state index contributed by atoms with van der Waals surface area (Å²) < 4.78 is 45.9. The lowest BCUT2D eigenvalue weighted by Crippen LogP contribution is -2.32. The summed E-state index contributed by atoms with van der Waals surface area (Å²) in [4.78, 5) is 16.4. The minimum Gasteiger partial charge on any atom is -0.497 e. The van der Waals surface area contributed by atoms with Crippen molar-refractivity contribution in [1.29, 1.82) is 0 Å². The Bertz CT molecular complexity index is 825. The van der Waals surface area contributed by atoms with Crippen molar-refractivity contribution in [2.45, 2.75) is 25.9 Å². The number of methoxy groups -OCH3 is 1. The van der Waals surface area contributed by atoms with Gasteiger partial charge in [-0.15, -0.1) is 13.2 Å². The number of amides is 1. The molecule has 1 heterocycles. The quantitative estimate of drug-likeness (QED) is 0.729. The van der Waals surface area contributed by atoms with Gasteiger partial charge >= 0.3 is 6.36 Å². The number of hydrogen-bond acceptors (Lipinski definition) is 4. The molecule has 0 unspecified atom stereocenters. The lowest BCUT2D eigenvalue weighted by atomic mass is 10.2. The highest BCUT2D eigenvalue weighted by atomic mass is 19.4. The van der Waals surface area contributed by atoms with Crippen LogP contribution in [0.25, 0.3) is 0 Å². The van der Waals surface area contributed by atoms with E-state index in [1.165, 1.54) is 12.1 Å². The van der Waals surface area contributed by atoms with E-state index in [4.69, 9.17) is 4.74 Å². The number of rotatable bonds is 6. The molecule has 0 aromatic heterocycles. The minimum absolute atomic E-state index is 0.0359. The summed E-state index contributed by atoms with van der Waals surface area (Å²) in [5.74, 6) is 0.564. The lowest BCUT2D eigenvalue weighted by molar-refractivity contribution is -0.274. The Balaban J connectivity index is 1.57. The molecule has 156 valence electrons. The number of carbonyl (C=O) groups is 1. The molecule has 1 saturated heterocycles. The van der Waals surface area contributed by atoms with E-state index in [0.29, 0.717) is 26.1 Å². The van der Waals surface area contributed by atoms with Crippen LogP contribution >= 0.6 is 0 Å². The van der Waals surface area contributed by atoms with E-state index in [2.05, 4.69) is 9.64 Å². The summed E-state index contributed by atoms with van der Waals surface area (Å²) in [7, 11) is 1.63. The second kappa shape index (κ2) is 9.17. The predicted molar refractivity (Wildman–Crippen MR) is 101 cm³/mol. The van der Waals surface area contributed by atoms with Crippen molar-refractivity contribution in [2.24, 2.45) is 0 Å². The number of carbonyl (C=O) groups excluding carboxylic acids is 1. The number of ether oxygens (including phenoxy) is 2. The van der Waals surface area contributed by atoms with Crippen molar-refractivity contribution in [3.8, 4) is 11.5 Å². The molecular weight excluding hydrogens is 385 g/mol. The van der Waals surface area contributed by atoms with Crippen molar-refractivity contribution in [3.05, 3.63) is 59.7 Å². The smallest absolute Gasteiger partial charge is 0.497 e. The Hall–Kier alpha value is -2.74. The molecule has 1 fully saturated rings. The Morgan fingerprint density at radius 3 is 2.38 bits per heavy atom. The fraction of sp³-hybridized carbons (Fsp3) is 0.381. The Kier molecular flexibility index (Phi) is 6.64. The van der Waals surface area contributed by atoms with E-state index >= 15 is 0 Å². The first-order valence-electron chi connectivity index (χ1n) is 9.30. The van der Waals surface area contributed by atoms with Gasteiger partial charge in [-0.1, -0.05) is 24.3 Å². The van der Waals surface area contributed by atoms with Crippen LogP contribution in [0.15, 0.2) is 48.5 Å². The van der Waals surface area contributed by atoms with Gasteiger partial charge in [0.2, 0.25) is 5.91 Å². The third kappa shape index (κ3) is 6.39. The monoisotopic (exact) mass is 408 g/mol. The average Bonchev–Trinajstić information content (AvgIpc) is 2.85. The molecule has 2 aromatic rings. The van der Waals surface area contributed by atoms with E-state index in [0.717, 1.165) is 30.0 Å². The third-order valence-electron chi connectivity index (χ3n) is 4.75. The highest BCUT2D eigenvalue weighted by molar-refractivity contribution is 5.76. The SMILES string of the molecule is COc1cccc(CN2CCC(=O)N(Cc3ccc(OC(F)(F)F)cc3)CC2)c1. The predicted octanol–water partition coefficient (Wildman–Crippen LogP) is 3.83. The van der Waals surface area contributed by atoms with Gasteiger partial charge in [-0.2, -0.15) is 0 Å². The molecule has 1 amide bonds. The van der Waals surface area contributed by atoms with Crippen molar-refractivity contribution in [1.82, 2.24) is 9.80 Å². The first kappa shape index (κ1) is 21.0. The fourth-order valence-corrected chi connectivity index (χ4v) is 3.28. The fourth-order valence-electron chi connectivity index (χ4n) is 3.28. The largest absolute Gasteiger partial charge is 0.573 e. The maximum absolute atomic E-state index is 12.5. The molecule has 0 aliphatic carbocycles. The molecule has 0 bridgehead atoms. The second-order valence-corrected chi connectivity index (χ2v) is 6.88. The van der Waals surface area contributed by atoms with Crippen LogP contribution in [0.4, 0.5) is 13.2 Å². The van der Waals surface area contributed by atoms with Crippen molar-refractivity contribution in [2.75, 3.05) is 26.7 Å². The molecule has 29 heavy (non-hydrogen) atoms. The molecule has 0 N–H and O–H groups in total. The topological polar surface area (TPSA) is 42.0 Å². The molecule has 8 heteroatoms.